The first-order chi connectivity index (χ1) is 11.3. The topological polar surface area (TPSA) is 64.6 Å². The van der Waals surface area contributed by atoms with Crippen molar-refractivity contribution in [2.24, 2.45) is 5.92 Å². The van der Waals surface area contributed by atoms with Gasteiger partial charge in [0.1, 0.15) is 4.70 Å². The largest absolute Gasteiger partial charge is 0.493 e. The van der Waals surface area contributed by atoms with E-state index in [1.54, 1.807) is 32.7 Å². The smallest absolute Gasteiger partial charge is 0.204 e. The maximum absolute atomic E-state index is 5.53. The van der Waals surface area contributed by atoms with Crippen molar-refractivity contribution in [3.05, 3.63) is 6.07 Å². The highest BCUT2D eigenvalue weighted by molar-refractivity contribution is 7.22. The second-order valence-electron chi connectivity index (χ2n) is 5.59. The van der Waals surface area contributed by atoms with Gasteiger partial charge in [0.15, 0.2) is 16.6 Å². The van der Waals surface area contributed by atoms with Crippen molar-refractivity contribution in [2.75, 3.05) is 46.3 Å². The van der Waals surface area contributed by atoms with Crippen LogP contribution in [0, 0.1) is 5.92 Å². The maximum atomic E-state index is 5.53. The van der Waals surface area contributed by atoms with Crippen molar-refractivity contribution < 1.29 is 14.2 Å². The van der Waals surface area contributed by atoms with E-state index in [1.165, 1.54) is 12.8 Å². The van der Waals surface area contributed by atoms with Crippen LogP contribution in [-0.2, 0) is 0 Å². The van der Waals surface area contributed by atoms with E-state index < -0.39 is 0 Å². The van der Waals surface area contributed by atoms with Gasteiger partial charge in [0.2, 0.25) is 5.75 Å². The number of nitrogens with one attached hydrogen (secondary N) is 2. The molecule has 2 N–H and O–H groups in total. The number of ether oxygens (including phenoxy) is 3. The summed E-state index contributed by atoms with van der Waals surface area (Å²) in [6.45, 7) is 3.17. The van der Waals surface area contributed by atoms with Crippen LogP contribution in [0.25, 0.3) is 10.2 Å². The zero-order valence-corrected chi connectivity index (χ0v) is 14.6. The Balaban J connectivity index is 1.85. The minimum Gasteiger partial charge on any atom is -0.493 e. The Morgan fingerprint density at radius 3 is 2.57 bits per heavy atom. The Morgan fingerprint density at radius 2 is 1.91 bits per heavy atom. The maximum Gasteiger partial charge on any atom is 0.204 e. The lowest BCUT2D eigenvalue weighted by Crippen LogP contribution is -2.31. The SMILES string of the molecule is COc1cc2nc(NCC3CCNCC3)sc2c(OC)c1OC. The monoisotopic (exact) mass is 337 g/mol. The van der Waals surface area contributed by atoms with E-state index in [0.29, 0.717) is 23.2 Å². The molecule has 7 heteroatoms. The third-order valence-electron chi connectivity index (χ3n) is 4.19. The van der Waals surface area contributed by atoms with Gasteiger partial charge in [-0.05, 0) is 31.8 Å². The van der Waals surface area contributed by atoms with E-state index >= 15 is 0 Å². The van der Waals surface area contributed by atoms with Crippen LogP contribution in [-0.4, -0.2) is 45.9 Å². The van der Waals surface area contributed by atoms with Gasteiger partial charge in [0.05, 0.1) is 26.8 Å². The fourth-order valence-corrected chi connectivity index (χ4v) is 3.89. The highest BCUT2D eigenvalue weighted by atomic mass is 32.1. The molecular formula is C16H23N3O3S. The highest BCUT2D eigenvalue weighted by Crippen LogP contribution is 2.46. The van der Waals surface area contributed by atoms with Gasteiger partial charge in [0.25, 0.3) is 0 Å². The van der Waals surface area contributed by atoms with E-state index in [4.69, 9.17) is 14.2 Å². The summed E-state index contributed by atoms with van der Waals surface area (Å²) in [5, 5.41) is 7.77. The molecule has 0 atom stereocenters. The van der Waals surface area contributed by atoms with Gasteiger partial charge in [-0.25, -0.2) is 4.98 Å². The molecule has 1 aromatic carbocycles. The highest BCUT2D eigenvalue weighted by Gasteiger charge is 2.20. The lowest BCUT2D eigenvalue weighted by molar-refractivity contribution is 0.327. The number of nitrogens with zero attached hydrogens (tertiary/aromatic N) is 1. The first-order valence-electron chi connectivity index (χ1n) is 7.81. The number of rotatable bonds is 6. The number of hydrogen-bond donors (Lipinski definition) is 2. The number of fused-ring (bicyclic) bond motifs is 1. The Hall–Kier alpha value is -1.73. The molecule has 126 valence electrons. The molecule has 1 aliphatic rings. The summed E-state index contributed by atoms with van der Waals surface area (Å²) in [5.74, 6) is 2.62. The number of thiazole rings is 1. The fourth-order valence-electron chi connectivity index (χ4n) is 2.92. The predicted octanol–water partition coefficient (Wildman–Crippen LogP) is 2.73. The van der Waals surface area contributed by atoms with E-state index in [1.807, 2.05) is 6.07 Å². The Kier molecular flexibility index (Phi) is 5.07. The minimum absolute atomic E-state index is 0.607. The van der Waals surface area contributed by atoms with Crippen LogP contribution < -0.4 is 24.8 Å². The fraction of sp³-hybridized carbons (Fsp3) is 0.562. The second kappa shape index (κ2) is 7.23. The Morgan fingerprint density at radius 1 is 1.17 bits per heavy atom. The molecule has 0 unspecified atom stereocenters. The molecular weight excluding hydrogens is 314 g/mol. The molecule has 1 saturated heterocycles. The van der Waals surface area contributed by atoms with Gasteiger partial charge >= 0.3 is 0 Å². The van der Waals surface area contributed by atoms with E-state index in [2.05, 4.69) is 15.6 Å². The lowest BCUT2D eigenvalue weighted by atomic mass is 9.98. The molecule has 3 rings (SSSR count). The summed E-state index contributed by atoms with van der Waals surface area (Å²) in [7, 11) is 4.87. The standard InChI is InChI=1S/C16H23N3O3S/c1-20-12-8-11-15(14(22-3)13(12)21-2)23-16(19-11)18-9-10-4-6-17-7-5-10/h8,10,17H,4-7,9H2,1-3H3,(H,18,19). The van der Waals surface area contributed by atoms with Crippen molar-refractivity contribution in [1.29, 1.82) is 0 Å². The van der Waals surface area contributed by atoms with Gasteiger partial charge in [-0.1, -0.05) is 11.3 Å². The average Bonchev–Trinajstić information content (AvgIpc) is 3.01. The summed E-state index contributed by atoms with van der Waals surface area (Å²) >= 11 is 1.59. The zero-order valence-electron chi connectivity index (χ0n) is 13.8. The van der Waals surface area contributed by atoms with Crippen LogP contribution in [0.15, 0.2) is 6.07 Å². The van der Waals surface area contributed by atoms with Crippen molar-refractivity contribution in [1.82, 2.24) is 10.3 Å². The van der Waals surface area contributed by atoms with Gasteiger partial charge in [0, 0.05) is 12.6 Å². The van der Waals surface area contributed by atoms with Crippen LogP contribution >= 0.6 is 11.3 Å². The molecule has 0 saturated carbocycles. The summed E-state index contributed by atoms with van der Waals surface area (Å²) in [6, 6.07) is 1.89. The molecule has 1 fully saturated rings. The summed E-state index contributed by atoms with van der Waals surface area (Å²) < 4.78 is 17.3. The van der Waals surface area contributed by atoms with Crippen molar-refractivity contribution in [2.45, 2.75) is 12.8 Å². The van der Waals surface area contributed by atoms with Crippen LogP contribution in [0.1, 0.15) is 12.8 Å². The first-order valence-corrected chi connectivity index (χ1v) is 8.62. The number of benzene rings is 1. The Labute approximate surface area is 140 Å². The predicted molar refractivity (Wildman–Crippen MR) is 93.4 cm³/mol. The number of methoxy groups -OCH3 is 3. The van der Waals surface area contributed by atoms with Gasteiger partial charge in [-0.2, -0.15) is 0 Å². The quantitative estimate of drug-likeness (QED) is 0.845. The molecule has 0 bridgehead atoms. The molecule has 2 aromatic rings. The third-order valence-corrected chi connectivity index (χ3v) is 5.21. The molecule has 2 heterocycles. The van der Waals surface area contributed by atoms with Crippen LogP contribution in [0.5, 0.6) is 17.2 Å². The summed E-state index contributed by atoms with van der Waals surface area (Å²) in [4.78, 5) is 4.67. The second-order valence-corrected chi connectivity index (χ2v) is 6.59. The number of piperidine rings is 1. The average molecular weight is 337 g/mol. The molecule has 23 heavy (non-hydrogen) atoms. The third kappa shape index (κ3) is 3.30. The van der Waals surface area contributed by atoms with Crippen LogP contribution in [0.4, 0.5) is 5.13 Å². The summed E-state index contributed by atoms with van der Waals surface area (Å²) in [6.07, 6.45) is 2.42. The van der Waals surface area contributed by atoms with E-state index in [9.17, 15) is 0 Å². The van der Waals surface area contributed by atoms with Crippen molar-refractivity contribution in [3.8, 4) is 17.2 Å². The number of hydrogen-bond acceptors (Lipinski definition) is 7. The van der Waals surface area contributed by atoms with Gasteiger partial charge < -0.3 is 24.8 Å². The van der Waals surface area contributed by atoms with Crippen LogP contribution in [0.2, 0.25) is 0 Å². The minimum atomic E-state index is 0.607. The van der Waals surface area contributed by atoms with Gasteiger partial charge in [-0.15, -0.1) is 0 Å². The molecule has 0 amide bonds. The molecule has 1 aliphatic heterocycles. The normalized spacial score (nSPS) is 15.6. The number of anilines is 1. The van der Waals surface area contributed by atoms with Gasteiger partial charge in [-0.3, -0.25) is 0 Å². The Bertz CT molecular complexity index is 668. The molecule has 0 spiro atoms. The molecule has 0 aliphatic carbocycles. The van der Waals surface area contributed by atoms with E-state index in [0.717, 1.165) is 35.0 Å². The van der Waals surface area contributed by atoms with E-state index in [-0.39, 0.29) is 0 Å². The lowest BCUT2D eigenvalue weighted by Gasteiger charge is -2.22. The first kappa shape index (κ1) is 16.1. The van der Waals surface area contributed by atoms with Crippen molar-refractivity contribution in [3.63, 3.8) is 0 Å². The van der Waals surface area contributed by atoms with Crippen LogP contribution in [0.3, 0.4) is 0 Å². The zero-order chi connectivity index (χ0) is 16.2. The number of aromatic nitrogens is 1. The summed E-state index contributed by atoms with van der Waals surface area (Å²) in [5.41, 5.74) is 0.859. The molecule has 0 radical (unpaired) electrons. The van der Waals surface area contributed by atoms with Crippen molar-refractivity contribution >= 4 is 26.7 Å². The molecule has 6 nitrogen and oxygen atoms in total. The molecule has 1 aromatic heterocycles.